The van der Waals surface area contributed by atoms with Crippen molar-refractivity contribution in [2.75, 3.05) is 18.0 Å². The van der Waals surface area contributed by atoms with E-state index in [9.17, 15) is 4.79 Å². The monoisotopic (exact) mass is 329 g/mol. The summed E-state index contributed by atoms with van der Waals surface area (Å²) in [6.07, 6.45) is 7.20. The number of anilines is 1. The Labute approximate surface area is 143 Å². The van der Waals surface area contributed by atoms with Crippen molar-refractivity contribution in [1.29, 1.82) is 0 Å². The van der Waals surface area contributed by atoms with Crippen LogP contribution in [0.3, 0.4) is 0 Å². The molecule has 1 N–H and O–H groups in total. The van der Waals surface area contributed by atoms with E-state index in [2.05, 4.69) is 29.0 Å². The molecule has 1 amide bonds. The van der Waals surface area contributed by atoms with E-state index >= 15 is 0 Å². The molecule has 2 heterocycles. The van der Waals surface area contributed by atoms with Gasteiger partial charge in [0.05, 0.1) is 17.8 Å². The highest BCUT2D eigenvalue weighted by molar-refractivity contribution is 5.94. The fourth-order valence-electron chi connectivity index (χ4n) is 3.84. The van der Waals surface area contributed by atoms with Gasteiger partial charge < -0.3 is 15.0 Å². The van der Waals surface area contributed by atoms with Crippen molar-refractivity contribution in [1.82, 2.24) is 10.3 Å². The van der Waals surface area contributed by atoms with Gasteiger partial charge in [0.1, 0.15) is 5.82 Å². The summed E-state index contributed by atoms with van der Waals surface area (Å²) in [6, 6.07) is 4.25. The summed E-state index contributed by atoms with van der Waals surface area (Å²) >= 11 is 0. The molecule has 3 aliphatic rings. The lowest BCUT2D eigenvalue weighted by Gasteiger charge is -2.36. The summed E-state index contributed by atoms with van der Waals surface area (Å²) in [5, 5.41) is 3.26. The van der Waals surface area contributed by atoms with E-state index in [0.717, 1.165) is 18.9 Å². The Bertz CT molecular complexity index is 573. The van der Waals surface area contributed by atoms with Gasteiger partial charge in [-0.15, -0.1) is 0 Å². The quantitative estimate of drug-likeness (QED) is 0.902. The van der Waals surface area contributed by atoms with Crippen LogP contribution in [-0.4, -0.2) is 42.2 Å². The average molecular weight is 329 g/mol. The average Bonchev–Trinajstić information content (AvgIpc) is 3.45. The molecule has 2 saturated carbocycles. The van der Waals surface area contributed by atoms with Gasteiger partial charge in [-0.3, -0.25) is 4.79 Å². The Hall–Kier alpha value is -1.62. The van der Waals surface area contributed by atoms with Crippen molar-refractivity contribution in [3.8, 4) is 0 Å². The molecule has 2 aliphatic carbocycles. The van der Waals surface area contributed by atoms with Crippen molar-refractivity contribution >= 4 is 11.7 Å². The summed E-state index contributed by atoms with van der Waals surface area (Å²) in [6.45, 7) is 5.85. The number of pyridine rings is 1. The van der Waals surface area contributed by atoms with E-state index in [0.29, 0.717) is 23.4 Å². The minimum absolute atomic E-state index is 0.0292. The number of ether oxygens (including phenoxy) is 1. The maximum atomic E-state index is 12.5. The number of carbonyl (C=O) groups excluding carboxylic acids is 1. The largest absolute Gasteiger partial charge is 0.372 e. The van der Waals surface area contributed by atoms with Crippen LogP contribution >= 0.6 is 0 Å². The Kier molecular flexibility index (Phi) is 4.21. The van der Waals surface area contributed by atoms with E-state index in [-0.39, 0.29) is 18.1 Å². The molecule has 5 nitrogen and oxygen atoms in total. The molecule has 3 fully saturated rings. The number of hydrogen-bond donors (Lipinski definition) is 1. The van der Waals surface area contributed by atoms with Crippen molar-refractivity contribution in [2.24, 2.45) is 11.8 Å². The summed E-state index contributed by atoms with van der Waals surface area (Å²) in [7, 11) is 0. The van der Waals surface area contributed by atoms with Crippen LogP contribution in [-0.2, 0) is 4.74 Å². The van der Waals surface area contributed by atoms with Crippen LogP contribution in [0.15, 0.2) is 18.3 Å². The number of amides is 1. The number of carbonyl (C=O) groups is 1. The van der Waals surface area contributed by atoms with Crippen LogP contribution in [0.2, 0.25) is 0 Å². The van der Waals surface area contributed by atoms with Gasteiger partial charge in [0.25, 0.3) is 5.91 Å². The molecule has 130 valence electrons. The molecule has 0 unspecified atom stereocenters. The fourth-order valence-corrected chi connectivity index (χ4v) is 3.84. The molecule has 2 atom stereocenters. The van der Waals surface area contributed by atoms with Crippen molar-refractivity contribution in [2.45, 2.75) is 57.8 Å². The van der Waals surface area contributed by atoms with Crippen molar-refractivity contribution in [3.05, 3.63) is 23.9 Å². The van der Waals surface area contributed by atoms with E-state index in [1.54, 1.807) is 6.20 Å². The SMILES string of the molecule is C[C@@H]1CN(c2ccc(C(=O)NC(C3CC3)C3CC3)cn2)C[C@@H](C)O1. The fraction of sp³-hybridized carbons (Fsp3) is 0.684. The van der Waals surface area contributed by atoms with Crippen LogP contribution in [0.25, 0.3) is 0 Å². The third-order valence-corrected chi connectivity index (χ3v) is 5.31. The Morgan fingerprint density at radius 2 is 1.79 bits per heavy atom. The maximum absolute atomic E-state index is 12.5. The van der Waals surface area contributed by atoms with E-state index in [4.69, 9.17) is 4.74 Å². The summed E-state index contributed by atoms with van der Waals surface area (Å²) < 4.78 is 5.77. The van der Waals surface area contributed by atoms with Crippen LogP contribution in [0.5, 0.6) is 0 Å². The Balaban J connectivity index is 1.40. The summed E-state index contributed by atoms with van der Waals surface area (Å²) in [5.74, 6) is 2.38. The first-order valence-electron chi connectivity index (χ1n) is 9.27. The van der Waals surface area contributed by atoms with Gasteiger partial charge in [-0.2, -0.15) is 0 Å². The number of hydrogen-bond acceptors (Lipinski definition) is 4. The molecule has 1 saturated heterocycles. The second-order valence-electron chi connectivity index (χ2n) is 7.74. The molecule has 0 aromatic carbocycles. The topological polar surface area (TPSA) is 54.5 Å². The molecule has 1 aromatic rings. The number of nitrogens with zero attached hydrogens (tertiary/aromatic N) is 2. The number of morpholine rings is 1. The lowest BCUT2D eigenvalue weighted by atomic mass is 10.1. The second kappa shape index (κ2) is 6.36. The molecular formula is C19H27N3O2. The van der Waals surface area contributed by atoms with Crippen LogP contribution in [0.1, 0.15) is 49.9 Å². The lowest BCUT2D eigenvalue weighted by Crippen LogP contribution is -2.45. The van der Waals surface area contributed by atoms with Crippen LogP contribution in [0, 0.1) is 11.8 Å². The summed E-state index contributed by atoms with van der Waals surface area (Å²) in [4.78, 5) is 19.3. The predicted molar refractivity (Wildman–Crippen MR) is 93.2 cm³/mol. The summed E-state index contributed by atoms with van der Waals surface area (Å²) in [5.41, 5.74) is 0.666. The van der Waals surface area contributed by atoms with Gasteiger partial charge in [-0.25, -0.2) is 4.98 Å². The molecule has 5 heteroatoms. The predicted octanol–water partition coefficient (Wildman–Crippen LogP) is 2.61. The van der Waals surface area contributed by atoms with Crippen LogP contribution < -0.4 is 10.2 Å². The Morgan fingerprint density at radius 1 is 1.17 bits per heavy atom. The minimum Gasteiger partial charge on any atom is -0.372 e. The first-order valence-corrected chi connectivity index (χ1v) is 9.27. The first-order chi connectivity index (χ1) is 11.6. The molecule has 24 heavy (non-hydrogen) atoms. The van der Waals surface area contributed by atoms with E-state index in [1.807, 2.05) is 12.1 Å². The molecule has 1 aliphatic heterocycles. The zero-order valence-corrected chi connectivity index (χ0v) is 14.6. The normalized spacial score (nSPS) is 27.4. The van der Waals surface area contributed by atoms with Gasteiger partial charge in [-0.05, 0) is 63.5 Å². The first kappa shape index (κ1) is 15.9. The molecule has 0 radical (unpaired) electrons. The highest BCUT2D eigenvalue weighted by Crippen LogP contribution is 2.44. The second-order valence-corrected chi connectivity index (χ2v) is 7.74. The van der Waals surface area contributed by atoms with Gasteiger partial charge in [0, 0.05) is 25.3 Å². The van der Waals surface area contributed by atoms with Gasteiger partial charge in [-0.1, -0.05) is 0 Å². The van der Waals surface area contributed by atoms with Crippen molar-refractivity contribution < 1.29 is 9.53 Å². The molecule has 4 rings (SSSR count). The lowest BCUT2D eigenvalue weighted by molar-refractivity contribution is -0.00546. The zero-order chi connectivity index (χ0) is 16.7. The van der Waals surface area contributed by atoms with E-state index < -0.39 is 0 Å². The standard InChI is InChI=1S/C19H27N3O2/c1-12-10-22(11-13(2)24-12)17-8-7-16(9-20-17)19(23)21-18(14-3-4-14)15-5-6-15/h7-9,12-15,18H,3-6,10-11H2,1-2H3,(H,21,23)/t12-,13-/m1/s1. The zero-order valence-electron chi connectivity index (χ0n) is 14.6. The molecule has 1 aromatic heterocycles. The maximum Gasteiger partial charge on any atom is 0.253 e. The van der Waals surface area contributed by atoms with Gasteiger partial charge in [0.15, 0.2) is 0 Å². The third kappa shape index (κ3) is 3.56. The molecule has 0 spiro atoms. The van der Waals surface area contributed by atoms with Gasteiger partial charge >= 0.3 is 0 Å². The molecule has 0 bridgehead atoms. The third-order valence-electron chi connectivity index (χ3n) is 5.31. The Morgan fingerprint density at radius 3 is 2.29 bits per heavy atom. The minimum atomic E-state index is 0.0292. The highest BCUT2D eigenvalue weighted by atomic mass is 16.5. The smallest absolute Gasteiger partial charge is 0.253 e. The molecular weight excluding hydrogens is 302 g/mol. The number of nitrogens with one attached hydrogen (secondary N) is 1. The van der Waals surface area contributed by atoms with Crippen molar-refractivity contribution in [3.63, 3.8) is 0 Å². The number of rotatable bonds is 5. The highest BCUT2D eigenvalue weighted by Gasteiger charge is 2.42. The number of aromatic nitrogens is 1. The van der Waals surface area contributed by atoms with Gasteiger partial charge in [0.2, 0.25) is 0 Å². The van der Waals surface area contributed by atoms with E-state index in [1.165, 1.54) is 25.7 Å². The van der Waals surface area contributed by atoms with Crippen LogP contribution in [0.4, 0.5) is 5.82 Å².